The van der Waals surface area contributed by atoms with E-state index in [9.17, 15) is 0 Å². The molecule has 0 radical (unpaired) electrons. The van der Waals surface area contributed by atoms with Gasteiger partial charge in [0.1, 0.15) is 0 Å². The Morgan fingerprint density at radius 1 is 0.244 bits per heavy atom. The van der Waals surface area contributed by atoms with Crippen LogP contribution < -0.4 is 9.80 Å². The molecular weight excluding hydrogens is 989 g/mol. The molecule has 0 N–H and O–H groups in total. The highest BCUT2D eigenvalue weighted by molar-refractivity contribution is 6.22. The highest BCUT2D eigenvalue weighted by Gasteiger charge is 2.41. The topological polar surface area (TPSA) is 6.48 Å². The van der Waals surface area contributed by atoms with Gasteiger partial charge in [0, 0.05) is 45.0 Å². The SMILES string of the molecule is Cc1ccc(N(c2ccccc2)c2ccc3c4c(c5ccccc5c3c2)-c2ccc3cc(-c5cc(C)cc(N(c6ccccc6)c6ccc7c8c(c9ccccc9c7c6)-c6ccc7ccccc7c6C8(C)C)c5)ccc3c2C4(C)C)cc1. The Kier molecular flexibility index (Phi) is 10.5. The summed E-state index contributed by atoms with van der Waals surface area (Å²) in [6, 6.07) is 95.8. The van der Waals surface area contributed by atoms with E-state index in [1.165, 1.54) is 131 Å². The minimum atomic E-state index is -0.280. The molecule has 0 saturated carbocycles. The molecule has 0 aliphatic heterocycles. The zero-order valence-corrected chi connectivity index (χ0v) is 47.1. The van der Waals surface area contributed by atoms with Crippen molar-refractivity contribution in [2.75, 3.05) is 9.80 Å². The normalized spacial score (nSPS) is 13.7. The lowest BCUT2D eigenvalue weighted by Crippen LogP contribution is -2.16. The summed E-state index contributed by atoms with van der Waals surface area (Å²) in [7, 11) is 0. The molecular formula is C80H60N2. The number of nitrogens with zero attached hydrogens (tertiary/aromatic N) is 2. The van der Waals surface area contributed by atoms with E-state index in [2.05, 4.69) is 306 Å². The molecule has 390 valence electrons. The van der Waals surface area contributed by atoms with Crippen LogP contribution in [0, 0.1) is 13.8 Å². The van der Waals surface area contributed by atoms with Crippen LogP contribution in [0.15, 0.2) is 255 Å². The van der Waals surface area contributed by atoms with Gasteiger partial charge in [0.05, 0.1) is 0 Å². The van der Waals surface area contributed by atoms with Gasteiger partial charge in [0.25, 0.3) is 0 Å². The van der Waals surface area contributed by atoms with Gasteiger partial charge in [-0.2, -0.15) is 0 Å². The lowest BCUT2D eigenvalue weighted by molar-refractivity contribution is 0.672. The number of aryl methyl sites for hydroxylation is 2. The average molecular weight is 1050 g/mol. The number of para-hydroxylation sites is 2. The number of benzene rings is 14. The molecule has 2 heteroatoms. The van der Waals surface area contributed by atoms with E-state index in [1.54, 1.807) is 0 Å². The van der Waals surface area contributed by atoms with Crippen LogP contribution in [-0.4, -0.2) is 0 Å². The average Bonchev–Trinajstić information content (AvgIpc) is 3.93. The molecule has 16 rings (SSSR count). The molecule has 14 aromatic carbocycles. The van der Waals surface area contributed by atoms with Crippen molar-refractivity contribution in [2.24, 2.45) is 0 Å². The van der Waals surface area contributed by atoms with Crippen LogP contribution in [-0.2, 0) is 10.8 Å². The van der Waals surface area contributed by atoms with Crippen LogP contribution in [0.25, 0.3) is 98.0 Å². The van der Waals surface area contributed by atoms with E-state index in [1.807, 2.05) is 0 Å². The van der Waals surface area contributed by atoms with Gasteiger partial charge in [-0.1, -0.05) is 209 Å². The van der Waals surface area contributed by atoms with Crippen molar-refractivity contribution in [3.05, 3.63) is 288 Å². The number of rotatable bonds is 7. The second-order valence-corrected chi connectivity index (χ2v) is 24.2. The van der Waals surface area contributed by atoms with Crippen molar-refractivity contribution in [3.63, 3.8) is 0 Å². The van der Waals surface area contributed by atoms with Crippen LogP contribution in [0.2, 0.25) is 0 Å². The fourth-order valence-corrected chi connectivity index (χ4v) is 15.1. The predicted molar refractivity (Wildman–Crippen MR) is 351 cm³/mol. The lowest BCUT2D eigenvalue weighted by atomic mass is 9.77. The van der Waals surface area contributed by atoms with Crippen LogP contribution in [0.1, 0.15) is 61.1 Å². The third-order valence-electron chi connectivity index (χ3n) is 18.5. The zero-order chi connectivity index (χ0) is 55.2. The van der Waals surface area contributed by atoms with Crippen LogP contribution >= 0.6 is 0 Å². The van der Waals surface area contributed by atoms with E-state index < -0.39 is 0 Å². The molecule has 0 amide bonds. The van der Waals surface area contributed by atoms with Gasteiger partial charge in [0.15, 0.2) is 0 Å². The Bertz CT molecular complexity index is 4990. The van der Waals surface area contributed by atoms with Crippen LogP contribution in [0.3, 0.4) is 0 Å². The van der Waals surface area contributed by atoms with Gasteiger partial charge in [-0.3, -0.25) is 0 Å². The first-order valence-electron chi connectivity index (χ1n) is 29.0. The Hall–Kier alpha value is -9.76. The summed E-state index contributed by atoms with van der Waals surface area (Å²) in [4.78, 5) is 4.84. The van der Waals surface area contributed by atoms with Gasteiger partial charge in [-0.25, -0.2) is 0 Å². The van der Waals surface area contributed by atoms with Crippen molar-refractivity contribution in [2.45, 2.75) is 52.4 Å². The maximum atomic E-state index is 2.46. The van der Waals surface area contributed by atoms with E-state index in [0.29, 0.717) is 0 Å². The van der Waals surface area contributed by atoms with Crippen LogP contribution in [0.4, 0.5) is 34.1 Å². The quantitative estimate of drug-likeness (QED) is 0.147. The monoisotopic (exact) mass is 1050 g/mol. The van der Waals surface area contributed by atoms with Gasteiger partial charge >= 0.3 is 0 Å². The Balaban J connectivity index is 0.814. The first-order valence-corrected chi connectivity index (χ1v) is 29.0. The second kappa shape index (κ2) is 17.9. The van der Waals surface area contributed by atoms with Crippen molar-refractivity contribution in [1.29, 1.82) is 0 Å². The molecule has 2 aliphatic rings. The van der Waals surface area contributed by atoms with E-state index in [4.69, 9.17) is 0 Å². The van der Waals surface area contributed by atoms with Crippen molar-refractivity contribution >= 4 is 98.8 Å². The minimum absolute atomic E-state index is 0.207. The molecule has 0 bridgehead atoms. The zero-order valence-electron chi connectivity index (χ0n) is 47.1. The number of fused-ring (bicyclic) bond motifs is 20. The maximum Gasteiger partial charge on any atom is 0.0470 e. The predicted octanol–water partition coefficient (Wildman–Crippen LogP) is 22.4. The molecule has 0 heterocycles. The van der Waals surface area contributed by atoms with E-state index in [0.717, 1.165) is 34.1 Å². The summed E-state index contributed by atoms with van der Waals surface area (Å²) < 4.78 is 0. The van der Waals surface area contributed by atoms with Gasteiger partial charge in [-0.15, -0.1) is 0 Å². The first kappa shape index (κ1) is 48.2. The van der Waals surface area contributed by atoms with Gasteiger partial charge in [0.2, 0.25) is 0 Å². The smallest absolute Gasteiger partial charge is 0.0470 e. The van der Waals surface area contributed by atoms with Crippen molar-refractivity contribution in [3.8, 4) is 33.4 Å². The van der Waals surface area contributed by atoms with Gasteiger partial charge < -0.3 is 9.80 Å². The second-order valence-electron chi connectivity index (χ2n) is 24.2. The Morgan fingerprint density at radius 3 is 1.24 bits per heavy atom. The molecule has 0 aromatic heterocycles. The largest absolute Gasteiger partial charge is 0.310 e. The Labute approximate surface area is 479 Å². The number of hydrogen-bond donors (Lipinski definition) is 0. The molecule has 0 unspecified atom stereocenters. The summed E-state index contributed by atoms with van der Waals surface area (Å²) in [5.41, 5.74) is 22.2. The standard InChI is InChI=1S/C80H60N2/c1-49-29-34-57(35-30-49)81(55-20-9-7-10-21-55)58-36-41-67-71(47-58)63-25-15-18-28-66(63)74-70-40-33-53-45-52(32-38-62(53)76(70)80(5,6)78(67)74)54-43-50(2)44-60(46-54)82(56-22-11-8-12-23-56)59-37-42-68-72(48-59)64-26-16-17-27-65(64)73-69-39-31-51-19-13-14-24-61(51)75(69)79(3,4)77(68)73/h7-48H,1-6H3. The van der Waals surface area contributed by atoms with E-state index >= 15 is 0 Å². The summed E-state index contributed by atoms with van der Waals surface area (Å²) in [6.45, 7) is 14.2. The third-order valence-corrected chi connectivity index (χ3v) is 18.5. The first-order chi connectivity index (χ1) is 40.0. The summed E-state index contributed by atoms with van der Waals surface area (Å²) in [5.74, 6) is 0. The Morgan fingerprint density at radius 2 is 0.683 bits per heavy atom. The summed E-state index contributed by atoms with van der Waals surface area (Å²) >= 11 is 0. The van der Waals surface area contributed by atoms with Crippen molar-refractivity contribution < 1.29 is 0 Å². The molecule has 2 nitrogen and oxygen atoms in total. The summed E-state index contributed by atoms with van der Waals surface area (Å²) in [6.07, 6.45) is 0. The molecule has 0 atom stereocenters. The fraction of sp³-hybridized carbons (Fsp3) is 0.100. The molecule has 14 aromatic rings. The third kappa shape index (κ3) is 7.07. The number of anilines is 6. The fourth-order valence-electron chi connectivity index (χ4n) is 15.1. The molecule has 0 saturated heterocycles. The molecule has 2 aliphatic carbocycles. The lowest BCUT2D eigenvalue weighted by Gasteiger charge is -2.28. The molecule has 0 fully saturated rings. The van der Waals surface area contributed by atoms with Crippen LogP contribution in [0.5, 0.6) is 0 Å². The minimum Gasteiger partial charge on any atom is -0.310 e. The molecule has 82 heavy (non-hydrogen) atoms. The van der Waals surface area contributed by atoms with E-state index in [-0.39, 0.29) is 10.8 Å². The summed E-state index contributed by atoms with van der Waals surface area (Å²) in [5, 5.41) is 15.5. The highest BCUT2D eigenvalue weighted by atomic mass is 15.1. The molecule has 0 spiro atoms. The maximum absolute atomic E-state index is 2.46. The highest BCUT2D eigenvalue weighted by Crippen LogP contribution is 2.59. The van der Waals surface area contributed by atoms with Gasteiger partial charge in [-0.05, 0) is 219 Å². The van der Waals surface area contributed by atoms with Crippen molar-refractivity contribution in [1.82, 2.24) is 0 Å². The number of hydrogen-bond acceptors (Lipinski definition) is 2.